The van der Waals surface area contributed by atoms with Crippen molar-refractivity contribution in [3.05, 3.63) is 35.6 Å². The van der Waals surface area contributed by atoms with E-state index in [1.165, 1.54) is 12.1 Å². The Morgan fingerprint density at radius 3 is 2.65 bits per heavy atom. The van der Waals surface area contributed by atoms with Crippen molar-refractivity contribution < 1.29 is 14.0 Å². The van der Waals surface area contributed by atoms with E-state index in [-0.39, 0.29) is 42.6 Å². The van der Waals surface area contributed by atoms with Crippen LogP contribution in [-0.4, -0.2) is 41.9 Å². The molecule has 1 amide bonds. The molecule has 1 aromatic carbocycles. The Labute approximate surface area is 135 Å². The van der Waals surface area contributed by atoms with Crippen LogP contribution in [0.3, 0.4) is 0 Å². The number of carbonyl (C=O) groups is 2. The van der Waals surface area contributed by atoms with Crippen LogP contribution in [0.25, 0.3) is 0 Å². The van der Waals surface area contributed by atoms with Gasteiger partial charge in [-0.15, -0.1) is 0 Å². The molecular formula is C17H22FN3O2. The summed E-state index contributed by atoms with van der Waals surface area (Å²) in [6.07, 6.45) is 3.21. The second-order valence-electron chi connectivity index (χ2n) is 6.18. The van der Waals surface area contributed by atoms with Gasteiger partial charge < -0.3 is 9.69 Å². The third-order valence-electron chi connectivity index (χ3n) is 4.81. The first-order valence-electron chi connectivity index (χ1n) is 8.15. The van der Waals surface area contributed by atoms with Gasteiger partial charge in [0.2, 0.25) is 5.91 Å². The lowest BCUT2D eigenvalue weighted by atomic mass is 9.87. The summed E-state index contributed by atoms with van der Waals surface area (Å²) >= 11 is 0. The van der Waals surface area contributed by atoms with Crippen molar-refractivity contribution in [2.45, 2.75) is 50.5 Å². The third-order valence-corrected chi connectivity index (χ3v) is 4.81. The van der Waals surface area contributed by atoms with Crippen LogP contribution in [0.2, 0.25) is 0 Å². The smallest absolute Gasteiger partial charge is 0.242 e. The monoisotopic (exact) mass is 319 g/mol. The Morgan fingerprint density at radius 2 is 2.00 bits per heavy atom. The maximum absolute atomic E-state index is 13.1. The second kappa shape index (κ2) is 6.76. The highest BCUT2D eigenvalue weighted by molar-refractivity contribution is 5.85. The molecule has 2 saturated heterocycles. The predicted octanol–water partition coefficient (Wildman–Crippen LogP) is 1.35. The van der Waals surface area contributed by atoms with Crippen molar-refractivity contribution in [2.24, 2.45) is 0 Å². The van der Waals surface area contributed by atoms with E-state index in [0.717, 1.165) is 31.1 Å². The van der Waals surface area contributed by atoms with Crippen molar-refractivity contribution in [3.8, 4) is 0 Å². The lowest BCUT2D eigenvalue weighted by molar-refractivity contribution is -0.145. The number of halogens is 1. The van der Waals surface area contributed by atoms with E-state index in [1.807, 2.05) is 6.92 Å². The van der Waals surface area contributed by atoms with Gasteiger partial charge in [-0.2, -0.15) is 0 Å². The van der Waals surface area contributed by atoms with E-state index in [1.54, 1.807) is 17.0 Å². The molecule has 2 fully saturated rings. The van der Waals surface area contributed by atoms with Gasteiger partial charge in [-0.25, -0.2) is 4.39 Å². The molecule has 23 heavy (non-hydrogen) atoms. The van der Waals surface area contributed by atoms with E-state index in [0.29, 0.717) is 0 Å². The molecular weight excluding hydrogens is 297 g/mol. The van der Waals surface area contributed by atoms with Gasteiger partial charge in [0.15, 0.2) is 0 Å². The minimum absolute atomic E-state index is 0.0267. The molecule has 2 aliphatic rings. The Morgan fingerprint density at radius 1 is 1.26 bits per heavy atom. The molecule has 1 aromatic rings. The van der Waals surface area contributed by atoms with Crippen LogP contribution in [0.1, 0.15) is 37.8 Å². The summed E-state index contributed by atoms with van der Waals surface area (Å²) in [4.78, 5) is 25.2. The van der Waals surface area contributed by atoms with Crippen LogP contribution in [-0.2, 0) is 9.59 Å². The van der Waals surface area contributed by atoms with Crippen LogP contribution in [0.15, 0.2) is 24.3 Å². The number of nitrogens with zero attached hydrogens (tertiary/aromatic N) is 1. The Hall–Kier alpha value is -1.79. The lowest BCUT2D eigenvalue weighted by Gasteiger charge is -2.47. The Bertz CT molecular complexity index is 578. The van der Waals surface area contributed by atoms with Gasteiger partial charge in [0.05, 0.1) is 12.7 Å². The number of fused-ring (bicyclic) bond motifs is 1. The molecule has 2 aliphatic heterocycles. The molecule has 0 aliphatic carbocycles. The maximum atomic E-state index is 13.1. The number of benzene rings is 1. The summed E-state index contributed by atoms with van der Waals surface area (Å²) < 4.78 is 13.1. The van der Waals surface area contributed by atoms with Gasteiger partial charge in [0, 0.05) is 12.1 Å². The fourth-order valence-corrected chi connectivity index (χ4v) is 3.62. The van der Waals surface area contributed by atoms with Crippen molar-refractivity contribution >= 4 is 12.2 Å². The van der Waals surface area contributed by atoms with E-state index in [4.69, 9.17) is 0 Å². The van der Waals surface area contributed by atoms with E-state index in [2.05, 4.69) is 10.6 Å². The number of carbonyl (C=O) groups excluding carboxylic acids is 2. The second-order valence-corrected chi connectivity index (χ2v) is 6.18. The predicted molar refractivity (Wildman–Crippen MR) is 84.1 cm³/mol. The quantitative estimate of drug-likeness (QED) is 0.823. The van der Waals surface area contributed by atoms with Gasteiger partial charge in [-0.05, 0) is 37.0 Å². The Balaban J connectivity index is 1.77. The first-order valence-corrected chi connectivity index (χ1v) is 8.15. The fraction of sp³-hybridized carbons (Fsp3) is 0.529. The highest BCUT2D eigenvalue weighted by atomic mass is 19.1. The molecule has 0 saturated carbocycles. The minimum Gasteiger partial charge on any atom is -0.319 e. The van der Waals surface area contributed by atoms with Crippen LogP contribution < -0.4 is 10.6 Å². The molecule has 0 radical (unpaired) electrons. The van der Waals surface area contributed by atoms with Gasteiger partial charge >= 0.3 is 0 Å². The van der Waals surface area contributed by atoms with Crippen molar-refractivity contribution in [1.29, 1.82) is 0 Å². The number of amides is 1. The molecule has 0 bridgehead atoms. The molecule has 3 unspecified atom stereocenters. The number of aldehydes is 1. The number of nitrogens with one attached hydrogen (secondary N) is 2. The van der Waals surface area contributed by atoms with E-state index >= 15 is 0 Å². The summed E-state index contributed by atoms with van der Waals surface area (Å²) in [5.74, 6) is -0.291. The van der Waals surface area contributed by atoms with Crippen molar-refractivity contribution in [2.75, 3.05) is 6.54 Å². The molecule has 2 N–H and O–H groups in total. The van der Waals surface area contributed by atoms with Gasteiger partial charge in [-0.1, -0.05) is 19.1 Å². The largest absolute Gasteiger partial charge is 0.319 e. The lowest BCUT2D eigenvalue weighted by Crippen LogP contribution is -2.70. The molecule has 5 nitrogen and oxygen atoms in total. The highest BCUT2D eigenvalue weighted by Crippen LogP contribution is 2.29. The minimum atomic E-state index is -0.346. The van der Waals surface area contributed by atoms with Crippen LogP contribution in [0.5, 0.6) is 0 Å². The van der Waals surface area contributed by atoms with Crippen molar-refractivity contribution in [1.82, 2.24) is 15.5 Å². The van der Waals surface area contributed by atoms with Gasteiger partial charge in [0.1, 0.15) is 18.1 Å². The average molecular weight is 319 g/mol. The summed E-state index contributed by atoms with van der Waals surface area (Å²) in [6, 6.07) is 6.15. The number of hydrogen-bond acceptors (Lipinski definition) is 4. The zero-order valence-corrected chi connectivity index (χ0v) is 13.2. The molecule has 0 spiro atoms. The standard InChI is InChI=1S/C17H22FN3O2/c1-2-15-19-14-8-7-13(11-3-5-12(18)6-4-11)20-16(14)17(23)21(15)9-10-22/h3-6,10,13-16,19-20H,2,7-9H2,1H3/t13-,14?,15?,16?/m0/s1. The number of hydrogen-bond donors (Lipinski definition) is 2. The van der Waals surface area contributed by atoms with E-state index < -0.39 is 0 Å². The molecule has 6 heteroatoms. The molecule has 124 valence electrons. The summed E-state index contributed by atoms with van der Waals surface area (Å²) in [5, 5.41) is 6.86. The van der Waals surface area contributed by atoms with Gasteiger partial charge in [-0.3, -0.25) is 15.4 Å². The highest BCUT2D eigenvalue weighted by Gasteiger charge is 2.43. The summed E-state index contributed by atoms with van der Waals surface area (Å²) in [5.41, 5.74) is 0.984. The topological polar surface area (TPSA) is 61.4 Å². The zero-order chi connectivity index (χ0) is 16.4. The Kier molecular flexibility index (Phi) is 4.73. The van der Waals surface area contributed by atoms with Crippen molar-refractivity contribution in [3.63, 3.8) is 0 Å². The van der Waals surface area contributed by atoms with Crippen LogP contribution in [0, 0.1) is 5.82 Å². The normalized spacial score (nSPS) is 30.9. The van der Waals surface area contributed by atoms with Crippen LogP contribution in [0.4, 0.5) is 4.39 Å². The average Bonchev–Trinajstić information content (AvgIpc) is 2.58. The number of rotatable bonds is 4. The maximum Gasteiger partial charge on any atom is 0.242 e. The first-order chi connectivity index (χ1) is 11.1. The molecule has 0 aromatic heterocycles. The van der Waals surface area contributed by atoms with Gasteiger partial charge in [0.25, 0.3) is 0 Å². The number of piperidine rings is 1. The summed E-state index contributed by atoms with van der Waals surface area (Å²) in [6.45, 7) is 2.11. The summed E-state index contributed by atoms with van der Waals surface area (Å²) in [7, 11) is 0. The fourth-order valence-electron chi connectivity index (χ4n) is 3.62. The van der Waals surface area contributed by atoms with E-state index in [9.17, 15) is 14.0 Å². The first kappa shape index (κ1) is 16.1. The molecule has 3 rings (SSSR count). The SMILES string of the molecule is CCC1NC2CC[C@@H](c3ccc(F)cc3)NC2C(=O)N1CC=O. The van der Waals surface area contributed by atoms with Crippen LogP contribution >= 0.6 is 0 Å². The molecule has 4 atom stereocenters. The third kappa shape index (κ3) is 3.14. The zero-order valence-electron chi connectivity index (χ0n) is 13.2. The molecule has 2 heterocycles.